The fraction of sp³-hybridized carbons (Fsp3) is 0.444. The Kier molecular flexibility index (Phi) is 6.01. The molecule has 1 amide bonds. The van der Waals surface area contributed by atoms with E-state index < -0.39 is 0 Å². The van der Waals surface area contributed by atoms with Crippen molar-refractivity contribution in [3.8, 4) is 0 Å². The number of morpholine rings is 1. The molecule has 1 aliphatic heterocycles. The molecule has 1 aromatic heterocycles. The van der Waals surface area contributed by atoms with Crippen LogP contribution >= 0.6 is 11.3 Å². The van der Waals surface area contributed by atoms with Crippen LogP contribution < -0.4 is 10.2 Å². The molecule has 1 saturated heterocycles. The highest BCUT2D eigenvalue weighted by molar-refractivity contribution is 7.07. The second kappa shape index (κ2) is 8.42. The molecule has 134 valence electrons. The van der Waals surface area contributed by atoms with Crippen LogP contribution in [0.4, 0.5) is 11.4 Å². The molecular weight excluding hydrogens is 336 g/mol. The average molecular weight is 360 g/mol. The van der Waals surface area contributed by atoms with E-state index in [2.05, 4.69) is 15.2 Å². The number of benzene rings is 1. The first-order valence-electron chi connectivity index (χ1n) is 8.44. The Hall–Kier alpha value is -1.96. The Bertz CT molecular complexity index is 669. The molecule has 1 fully saturated rings. The molecule has 1 aromatic carbocycles. The summed E-state index contributed by atoms with van der Waals surface area (Å²) in [5.74, 6) is -0.0168. The van der Waals surface area contributed by atoms with Gasteiger partial charge in [0.25, 0.3) is 0 Å². The molecule has 7 heteroatoms. The predicted octanol–water partition coefficient (Wildman–Crippen LogP) is 2.44. The van der Waals surface area contributed by atoms with Gasteiger partial charge in [-0.1, -0.05) is 0 Å². The molecule has 1 N–H and O–H groups in total. The van der Waals surface area contributed by atoms with E-state index in [1.807, 2.05) is 54.0 Å². The van der Waals surface area contributed by atoms with Crippen LogP contribution in [-0.2, 0) is 16.1 Å². The first-order chi connectivity index (χ1) is 12.1. The van der Waals surface area contributed by atoms with E-state index in [1.165, 1.54) is 0 Å². The van der Waals surface area contributed by atoms with Crippen LogP contribution in [0.1, 0.15) is 12.6 Å². The number of aromatic nitrogens is 1. The summed E-state index contributed by atoms with van der Waals surface area (Å²) in [6.45, 7) is 5.91. The van der Waals surface area contributed by atoms with Crippen molar-refractivity contribution in [1.29, 1.82) is 0 Å². The summed E-state index contributed by atoms with van der Waals surface area (Å²) < 4.78 is 5.38. The van der Waals surface area contributed by atoms with Crippen molar-refractivity contribution in [3.05, 3.63) is 40.8 Å². The number of carbonyl (C=O) groups excluding carboxylic acids is 1. The minimum absolute atomic E-state index is 0.0168. The van der Waals surface area contributed by atoms with Crippen molar-refractivity contribution in [2.24, 2.45) is 0 Å². The van der Waals surface area contributed by atoms with Crippen LogP contribution in [0, 0.1) is 0 Å². The van der Waals surface area contributed by atoms with Gasteiger partial charge in [-0.25, -0.2) is 4.98 Å². The standard InChI is InChI=1S/C18H24N4O2S/c1-14(21(2)11-16-12-25-13-19-16)18(23)20-15-3-5-17(6-4-15)22-7-9-24-10-8-22/h3-6,12-14H,7-11H2,1-2H3,(H,20,23). The lowest BCUT2D eigenvalue weighted by atomic mass is 10.2. The van der Waals surface area contributed by atoms with Gasteiger partial charge in [0.05, 0.1) is 30.5 Å². The average Bonchev–Trinajstić information content (AvgIpc) is 3.15. The summed E-state index contributed by atoms with van der Waals surface area (Å²) in [5, 5.41) is 5.00. The zero-order valence-electron chi connectivity index (χ0n) is 14.6. The maximum atomic E-state index is 12.5. The van der Waals surface area contributed by atoms with E-state index in [0.717, 1.165) is 43.4 Å². The molecule has 0 saturated carbocycles. The van der Waals surface area contributed by atoms with Crippen LogP contribution in [0.2, 0.25) is 0 Å². The Morgan fingerprint density at radius 3 is 2.72 bits per heavy atom. The molecule has 0 bridgehead atoms. The number of rotatable bonds is 6. The van der Waals surface area contributed by atoms with E-state index in [0.29, 0.717) is 6.54 Å². The van der Waals surface area contributed by atoms with Crippen molar-refractivity contribution in [3.63, 3.8) is 0 Å². The topological polar surface area (TPSA) is 57.7 Å². The van der Waals surface area contributed by atoms with Crippen molar-refractivity contribution in [2.75, 3.05) is 43.6 Å². The maximum Gasteiger partial charge on any atom is 0.241 e. The van der Waals surface area contributed by atoms with Gasteiger partial charge >= 0.3 is 0 Å². The van der Waals surface area contributed by atoms with Gasteiger partial charge in [-0.3, -0.25) is 9.69 Å². The van der Waals surface area contributed by atoms with Gasteiger partial charge < -0.3 is 15.0 Å². The Morgan fingerprint density at radius 1 is 1.36 bits per heavy atom. The number of ether oxygens (including phenoxy) is 1. The highest BCUT2D eigenvalue weighted by atomic mass is 32.1. The lowest BCUT2D eigenvalue weighted by molar-refractivity contribution is -0.120. The molecule has 1 atom stereocenters. The molecule has 0 aliphatic carbocycles. The number of hydrogen-bond acceptors (Lipinski definition) is 6. The maximum absolute atomic E-state index is 12.5. The van der Waals surface area contributed by atoms with Crippen LogP contribution in [-0.4, -0.2) is 55.2 Å². The second-order valence-electron chi connectivity index (χ2n) is 6.21. The molecule has 3 rings (SSSR count). The summed E-state index contributed by atoms with van der Waals surface area (Å²) in [5.41, 5.74) is 4.78. The zero-order valence-corrected chi connectivity index (χ0v) is 15.5. The van der Waals surface area contributed by atoms with Crippen LogP contribution in [0.5, 0.6) is 0 Å². The largest absolute Gasteiger partial charge is 0.378 e. The van der Waals surface area contributed by atoms with Gasteiger partial charge in [0.15, 0.2) is 0 Å². The molecule has 0 spiro atoms. The third-order valence-electron chi connectivity index (χ3n) is 4.45. The van der Waals surface area contributed by atoms with Crippen LogP contribution in [0.25, 0.3) is 0 Å². The van der Waals surface area contributed by atoms with Gasteiger partial charge in [0.2, 0.25) is 5.91 Å². The molecule has 2 aromatic rings. The Balaban J connectivity index is 1.54. The molecular formula is C18H24N4O2S. The first-order valence-corrected chi connectivity index (χ1v) is 9.38. The minimum atomic E-state index is -0.236. The molecule has 25 heavy (non-hydrogen) atoms. The molecule has 1 aliphatic rings. The lowest BCUT2D eigenvalue weighted by Crippen LogP contribution is -2.39. The van der Waals surface area contributed by atoms with Crippen molar-refractivity contribution >= 4 is 28.6 Å². The van der Waals surface area contributed by atoms with E-state index >= 15 is 0 Å². The van der Waals surface area contributed by atoms with E-state index in [1.54, 1.807) is 11.3 Å². The molecule has 2 heterocycles. The third kappa shape index (κ3) is 4.78. The Labute approximate surface area is 152 Å². The quantitative estimate of drug-likeness (QED) is 0.857. The number of nitrogens with zero attached hydrogens (tertiary/aromatic N) is 3. The summed E-state index contributed by atoms with van der Waals surface area (Å²) in [7, 11) is 1.94. The van der Waals surface area contributed by atoms with Gasteiger partial charge in [0, 0.05) is 36.4 Å². The summed E-state index contributed by atoms with van der Waals surface area (Å²) in [6.07, 6.45) is 0. The van der Waals surface area contributed by atoms with Crippen molar-refractivity contribution in [2.45, 2.75) is 19.5 Å². The summed E-state index contributed by atoms with van der Waals surface area (Å²) in [4.78, 5) is 21.0. The van der Waals surface area contributed by atoms with E-state index in [4.69, 9.17) is 4.74 Å². The number of hydrogen-bond donors (Lipinski definition) is 1. The van der Waals surface area contributed by atoms with Crippen molar-refractivity contribution < 1.29 is 9.53 Å². The number of thiazole rings is 1. The van der Waals surface area contributed by atoms with Crippen LogP contribution in [0.15, 0.2) is 35.2 Å². The Morgan fingerprint density at radius 2 is 2.08 bits per heavy atom. The number of anilines is 2. The third-order valence-corrected chi connectivity index (χ3v) is 5.08. The summed E-state index contributed by atoms with van der Waals surface area (Å²) >= 11 is 1.57. The highest BCUT2D eigenvalue weighted by Gasteiger charge is 2.19. The predicted molar refractivity (Wildman–Crippen MR) is 101 cm³/mol. The fourth-order valence-corrected chi connectivity index (χ4v) is 3.28. The summed E-state index contributed by atoms with van der Waals surface area (Å²) in [6, 6.07) is 7.77. The van der Waals surface area contributed by atoms with Gasteiger partial charge in [-0.2, -0.15) is 0 Å². The first kappa shape index (κ1) is 17.8. The van der Waals surface area contributed by atoms with E-state index in [-0.39, 0.29) is 11.9 Å². The normalized spacial score (nSPS) is 16.0. The van der Waals surface area contributed by atoms with Crippen molar-refractivity contribution in [1.82, 2.24) is 9.88 Å². The monoisotopic (exact) mass is 360 g/mol. The van der Waals surface area contributed by atoms with E-state index in [9.17, 15) is 4.79 Å². The van der Waals surface area contributed by atoms with Crippen LogP contribution in [0.3, 0.4) is 0 Å². The number of amides is 1. The fourth-order valence-electron chi connectivity index (χ4n) is 2.73. The lowest BCUT2D eigenvalue weighted by Gasteiger charge is -2.29. The van der Waals surface area contributed by atoms with Gasteiger partial charge in [0.1, 0.15) is 0 Å². The second-order valence-corrected chi connectivity index (χ2v) is 6.93. The number of carbonyl (C=O) groups is 1. The zero-order chi connectivity index (χ0) is 17.6. The number of likely N-dealkylation sites (N-methyl/N-ethyl adjacent to an activating group) is 1. The minimum Gasteiger partial charge on any atom is -0.378 e. The molecule has 6 nitrogen and oxygen atoms in total. The smallest absolute Gasteiger partial charge is 0.241 e. The van der Waals surface area contributed by atoms with Gasteiger partial charge in [-0.15, -0.1) is 11.3 Å². The van der Waals surface area contributed by atoms with Gasteiger partial charge in [-0.05, 0) is 38.2 Å². The molecule has 0 radical (unpaired) electrons. The SMILES string of the molecule is CC(C(=O)Nc1ccc(N2CCOCC2)cc1)N(C)Cc1cscn1. The molecule has 1 unspecified atom stereocenters. The highest BCUT2D eigenvalue weighted by Crippen LogP contribution is 2.19. The number of nitrogens with one attached hydrogen (secondary N) is 1.